The monoisotopic (exact) mass is 466 g/mol. The van der Waals surface area contributed by atoms with Gasteiger partial charge < -0.3 is 24.1 Å². The lowest BCUT2D eigenvalue weighted by Gasteiger charge is -2.11. The number of fused-ring (bicyclic) bond motifs is 1. The molecule has 0 bridgehead atoms. The summed E-state index contributed by atoms with van der Waals surface area (Å²) >= 11 is 0. The van der Waals surface area contributed by atoms with Crippen LogP contribution in [-0.2, 0) is 13.2 Å². The molecular weight excluding hydrogens is 444 g/mol. The Morgan fingerprint density at radius 2 is 1.29 bits per heavy atom. The summed E-state index contributed by atoms with van der Waals surface area (Å²) in [5, 5.41) is 20.9. The highest BCUT2D eigenvalue weighted by atomic mass is 16.5. The molecule has 0 aliphatic rings. The first-order valence-corrected chi connectivity index (χ1v) is 11.0. The lowest BCUT2D eigenvalue weighted by molar-refractivity contribution is 0.305. The zero-order valence-corrected chi connectivity index (χ0v) is 18.7. The smallest absolute Gasteiger partial charge is 0.238 e. The molecule has 5 rings (SSSR count). The maximum atomic E-state index is 12.8. The van der Waals surface area contributed by atoms with E-state index in [0.29, 0.717) is 29.2 Å². The number of ether oxygens (including phenoxy) is 2. The van der Waals surface area contributed by atoms with Crippen molar-refractivity contribution in [1.82, 2.24) is 0 Å². The van der Waals surface area contributed by atoms with Crippen molar-refractivity contribution < 1.29 is 24.1 Å². The number of hydrogen-bond donors (Lipinski definition) is 2. The van der Waals surface area contributed by atoms with Gasteiger partial charge in [0.05, 0.1) is 0 Å². The van der Waals surface area contributed by atoms with Crippen LogP contribution in [0.25, 0.3) is 22.3 Å². The highest BCUT2D eigenvalue weighted by Crippen LogP contribution is 2.34. The van der Waals surface area contributed by atoms with Crippen molar-refractivity contribution in [3.8, 4) is 34.3 Å². The fraction of sp³-hybridized carbons (Fsp3) is 0.0690. The summed E-state index contributed by atoms with van der Waals surface area (Å²) < 4.78 is 17.4. The van der Waals surface area contributed by atoms with E-state index in [1.54, 1.807) is 30.3 Å². The van der Waals surface area contributed by atoms with Gasteiger partial charge in [-0.25, -0.2) is 0 Å². The van der Waals surface area contributed by atoms with Crippen molar-refractivity contribution in [3.63, 3.8) is 0 Å². The number of rotatable bonds is 7. The van der Waals surface area contributed by atoms with Crippen molar-refractivity contribution in [2.24, 2.45) is 0 Å². The average molecular weight is 466 g/mol. The van der Waals surface area contributed by atoms with Gasteiger partial charge >= 0.3 is 0 Å². The molecule has 0 saturated carbocycles. The third-order valence-electron chi connectivity index (χ3n) is 5.52. The number of benzene rings is 4. The molecule has 35 heavy (non-hydrogen) atoms. The van der Waals surface area contributed by atoms with E-state index in [4.69, 9.17) is 13.9 Å². The fourth-order valence-corrected chi connectivity index (χ4v) is 3.75. The van der Waals surface area contributed by atoms with Gasteiger partial charge in [0, 0.05) is 5.56 Å². The van der Waals surface area contributed by atoms with Crippen LogP contribution >= 0.6 is 0 Å². The first kappa shape index (κ1) is 22.1. The Bertz CT molecular complexity index is 1510. The molecule has 1 heterocycles. The molecule has 0 aliphatic carbocycles. The van der Waals surface area contributed by atoms with Crippen LogP contribution in [0.2, 0.25) is 0 Å². The molecule has 0 amide bonds. The summed E-state index contributed by atoms with van der Waals surface area (Å²) in [6.45, 7) is 0.588. The van der Waals surface area contributed by atoms with Gasteiger partial charge in [-0.15, -0.1) is 0 Å². The standard InChI is InChI=1S/C29H22O6/c30-24-15-20(18-34-22-9-5-2-6-10-22)16-25-26(24)27(31)28(32)29(35-25)21-11-13-23(14-12-21)33-17-19-7-3-1-4-8-19/h1-16,30,32H,17-18H2. The molecule has 1 aromatic heterocycles. The molecule has 6 nitrogen and oxygen atoms in total. The summed E-state index contributed by atoms with van der Waals surface area (Å²) in [7, 11) is 0. The molecule has 4 aromatic carbocycles. The van der Waals surface area contributed by atoms with Crippen molar-refractivity contribution >= 4 is 11.0 Å². The van der Waals surface area contributed by atoms with Crippen LogP contribution in [-0.4, -0.2) is 10.2 Å². The zero-order valence-electron chi connectivity index (χ0n) is 18.7. The van der Waals surface area contributed by atoms with Gasteiger partial charge in [-0.1, -0.05) is 48.5 Å². The normalized spacial score (nSPS) is 10.9. The molecule has 0 atom stereocenters. The van der Waals surface area contributed by atoms with E-state index in [-0.39, 0.29) is 29.1 Å². The van der Waals surface area contributed by atoms with Gasteiger partial charge in [-0.3, -0.25) is 4.79 Å². The number of phenols is 1. The van der Waals surface area contributed by atoms with Crippen LogP contribution < -0.4 is 14.9 Å². The van der Waals surface area contributed by atoms with E-state index in [9.17, 15) is 15.0 Å². The number of hydrogen-bond acceptors (Lipinski definition) is 6. The van der Waals surface area contributed by atoms with Gasteiger partial charge in [0.15, 0.2) is 5.76 Å². The van der Waals surface area contributed by atoms with Gasteiger partial charge in [0.25, 0.3) is 0 Å². The van der Waals surface area contributed by atoms with Gasteiger partial charge in [0.1, 0.15) is 41.4 Å². The van der Waals surface area contributed by atoms with Crippen molar-refractivity contribution in [2.45, 2.75) is 13.2 Å². The second-order valence-electron chi connectivity index (χ2n) is 8.00. The van der Waals surface area contributed by atoms with Crippen LogP contribution in [0.3, 0.4) is 0 Å². The predicted molar refractivity (Wildman–Crippen MR) is 133 cm³/mol. The van der Waals surface area contributed by atoms with E-state index >= 15 is 0 Å². The molecule has 0 spiro atoms. The van der Waals surface area contributed by atoms with E-state index in [1.165, 1.54) is 6.07 Å². The summed E-state index contributed by atoms with van der Waals surface area (Å²) in [6.07, 6.45) is 0. The lowest BCUT2D eigenvalue weighted by atomic mass is 10.1. The fourth-order valence-electron chi connectivity index (χ4n) is 3.75. The Kier molecular flexibility index (Phi) is 6.09. The maximum absolute atomic E-state index is 12.8. The molecule has 0 fully saturated rings. The SMILES string of the molecule is O=c1c(O)c(-c2ccc(OCc3ccccc3)cc2)oc2cc(COc3ccccc3)cc(O)c12. The third-order valence-corrected chi connectivity index (χ3v) is 5.52. The minimum Gasteiger partial charge on any atom is -0.507 e. The zero-order chi connectivity index (χ0) is 24.2. The maximum Gasteiger partial charge on any atom is 0.238 e. The van der Waals surface area contributed by atoms with Crippen LogP contribution in [0.1, 0.15) is 11.1 Å². The Balaban J connectivity index is 1.42. The number of aromatic hydroxyl groups is 2. The Hall–Kier alpha value is -4.71. The molecule has 6 heteroatoms. The van der Waals surface area contributed by atoms with Gasteiger partial charge in [0.2, 0.25) is 11.2 Å². The third kappa shape index (κ3) is 4.82. The Labute approximate surface area is 201 Å². The molecule has 2 N–H and O–H groups in total. The highest BCUT2D eigenvalue weighted by Gasteiger charge is 2.19. The van der Waals surface area contributed by atoms with Crippen molar-refractivity contribution in [3.05, 3.63) is 118 Å². The Morgan fingerprint density at radius 1 is 0.686 bits per heavy atom. The number of para-hydroxylation sites is 1. The van der Waals surface area contributed by atoms with E-state index in [2.05, 4.69) is 0 Å². The molecule has 174 valence electrons. The predicted octanol–water partition coefficient (Wildman–Crippen LogP) is 6.03. The summed E-state index contributed by atoms with van der Waals surface area (Å²) in [5.74, 6) is 0.471. The topological polar surface area (TPSA) is 89.1 Å². The summed E-state index contributed by atoms with van der Waals surface area (Å²) in [4.78, 5) is 12.8. The van der Waals surface area contributed by atoms with Crippen LogP contribution in [0.4, 0.5) is 0 Å². The largest absolute Gasteiger partial charge is 0.507 e. The lowest BCUT2D eigenvalue weighted by Crippen LogP contribution is -2.04. The minimum absolute atomic E-state index is 0.0117. The summed E-state index contributed by atoms with van der Waals surface area (Å²) in [6, 6.07) is 29.0. The molecule has 5 aromatic rings. The van der Waals surface area contributed by atoms with Crippen molar-refractivity contribution in [2.75, 3.05) is 0 Å². The van der Waals surface area contributed by atoms with Crippen molar-refractivity contribution in [1.29, 1.82) is 0 Å². The minimum atomic E-state index is -0.710. The molecule has 0 radical (unpaired) electrons. The first-order chi connectivity index (χ1) is 17.1. The quantitative estimate of drug-likeness (QED) is 0.304. The van der Waals surface area contributed by atoms with Gasteiger partial charge in [-0.2, -0.15) is 0 Å². The first-order valence-electron chi connectivity index (χ1n) is 11.0. The average Bonchev–Trinajstić information content (AvgIpc) is 2.89. The van der Waals surface area contributed by atoms with Crippen LogP contribution in [0.15, 0.2) is 106 Å². The van der Waals surface area contributed by atoms with E-state index in [0.717, 1.165) is 5.56 Å². The molecule has 0 saturated heterocycles. The van der Waals surface area contributed by atoms with Crippen LogP contribution in [0.5, 0.6) is 23.0 Å². The highest BCUT2D eigenvalue weighted by molar-refractivity contribution is 5.87. The molecule has 0 unspecified atom stereocenters. The molecule has 0 aliphatic heterocycles. The van der Waals surface area contributed by atoms with Crippen LogP contribution in [0, 0.1) is 0 Å². The Morgan fingerprint density at radius 3 is 1.97 bits per heavy atom. The van der Waals surface area contributed by atoms with Gasteiger partial charge in [-0.05, 0) is 59.7 Å². The van der Waals surface area contributed by atoms with E-state index in [1.807, 2.05) is 60.7 Å². The molecular formula is C29H22O6. The summed E-state index contributed by atoms with van der Waals surface area (Å²) in [5.41, 5.74) is 1.60. The van der Waals surface area contributed by atoms with E-state index < -0.39 is 11.2 Å². The number of phenolic OH excluding ortho intramolecular Hbond substituents is 1. The second-order valence-corrected chi connectivity index (χ2v) is 8.00. The second kappa shape index (κ2) is 9.65.